The van der Waals surface area contributed by atoms with Gasteiger partial charge in [0.2, 0.25) is 5.65 Å². The second kappa shape index (κ2) is 5.16. The van der Waals surface area contributed by atoms with Crippen LogP contribution in [-0.2, 0) is 6.54 Å². The van der Waals surface area contributed by atoms with E-state index in [0.29, 0.717) is 18.0 Å². The number of nitrogens with one attached hydrogen (secondary N) is 1. The number of imidazole rings is 1. The van der Waals surface area contributed by atoms with Crippen LogP contribution in [0.25, 0.3) is 5.65 Å². The van der Waals surface area contributed by atoms with Crippen LogP contribution in [0.4, 0.5) is 16.0 Å². The summed E-state index contributed by atoms with van der Waals surface area (Å²) in [5.41, 5.74) is 1.27. The van der Waals surface area contributed by atoms with Crippen LogP contribution in [0.2, 0.25) is 0 Å². The van der Waals surface area contributed by atoms with Crippen LogP contribution in [0.5, 0.6) is 0 Å². The first-order valence-electron chi connectivity index (χ1n) is 6.11. The van der Waals surface area contributed by atoms with Gasteiger partial charge in [-0.3, -0.25) is 0 Å². The van der Waals surface area contributed by atoms with E-state index in [1.807, 2.05) is 0 Å². The third-order valence-electron chi connectivity index (χ3n) is 2.92. The molecule has 0 radical (unpaired) electrons. The number of aromatic nitrogens is 3. The van der Waals surface area contributed by atoms with Crippen molar-refractivity contribution in [2.75, 3.05) is 5.32 Å². The highest BCUT2D eigenvalue weighted by atomic mass is 19.1. The minimum Gasteiger partial charge on any atom is -0.363 e. The highest BCUT2D eigenvalue weighted by Gasteiger charge is 2.15. The van der Waals surface area contributed by atoms with Crippen LogP contribution in [-0.4, -0.2) is 19.5 Å². The van der Waals surface area contributed by atoms with Crippen molar-refractivity contribution in [3.8, 4) is 0 Å². The van der Waals surface area contributed by atoms with Crippen LogP contribution in [0.15, 0.2) is 42.6 Å². The first-order chi connectivity index (χ1) is 10.1. The highest BCUT2D eigenvalue weighted by molar-refractivity contribution is 5.48. The maximum absolute atomic E-state index is 12.8. The van der Waals surface area contributed by atoms with Gasteiger partial charge in [0.25, 0.3) is 0 Å². The van der Waals surface area contributed by atoms with E-state index in [-0.39, 0.29) is 11.6 Å². The molecule has 0 aliphatic heterocycles. The topological polar surface area (TPSA) is 85.4 Å². The number of anilines is 1. The summed E-state index contributed by atoms with van der Waals surface area (Å²) in [4.78, 5) is 14.2. The zero-order chi connectivity index (χ0) is 14.8. The molecule has 1 N–H and O–H groups in total. The average molecular weight is 287 g/mol. The van der Waals surface area contributed by atoms with E-state index in [4.69, 9.17) is 0 Å². The van der Waals surface area contributed by atoms with E-state index in [1.54, 1.807) is 24.3 Å². The van der Waals surface area contributed by atoms with Gasteiger partial charge in [0, 0.05) is 12.6 Å². The predicted octanol–water partition coefficient (Wildman–Crippen LogP) is 2.39. The summed E-state index contributed by atoms with van der Waals surface area (Å²) in [5, 5.41) is 18.0. The number of hydrogen-bond donors (Lipinski definition) is 1. The molecule has 0 amide bonds. The lowest BCUT2D eigenvalue weighted by Gasteiger charge is -2.04. The molecule has 0 fully saturated rings. The number of benzene rings is 1. The van der Waals surface area contributed by atoms with Crippen molar-refractivity contribution in [3.05, 3.63) is 64.1 Å². The second-order valence-corrected chi connectivity index (χ2v) is 4.34. The smallest absolute Gasteiger partial charge is 0.363 e. The molecule has 106 valence electrons. The fourth-order valence-electron chi connectivity index (χ4n) is 1.87. The average Bonchev–Trinajstić information content (AvgIpc) is 2.90. The largest absolute Gasteiger partial charge is 0.368 e. The van der Waals surface area contributed by atoms with Gasteiger partial charge in [0.1, 0.15) is 12.0 Å². The lowest BCUT2D eigenvalue weighted by atomic mass is 10.2. The van der Waals surface area contributed by atoms with Gasteiger partial charge in [-0.05, 0) is 28.7 Å². The Bertz CT molecular complexity index is 800. The number of hydrogen-bond acceptors (Lipinski definition) is 5. The van der Waals surface area contributed by atoms with E-state index in [9.17, 15) is 14.5 Å². The maximum Gasteiger partial charge on any atom is 0.368 e. The Morgan fingerprint density at radius 2 is 2.00 bits per heavy atom. The molecule has 1 aromatic carbocycles. The fourth-order valence-corrected chi connectivity index (χ4v) is 1.87. The van der Waals surface area contributed by atoms with E-state index >= 15 is 0 Å². The normalized spacial score (nSPS) is 10.7. The Balaban J connectivity index is 1.82. The summed E-state index contributed by atoms with van der Waals surface area (Å²) >= 11 is 0. The highest BCUT2D eigenvalue weighted by Crippen LogP contribution is 2.15. The number of nitro groups is 1. The zero-order valence-electron chi connectivity index (χ0n) is 10.7. The van der Waals surface area contributed by atoms with Crippen molar-refractivity contribution in [2.45, 2.75) is 6.54 Å². The maximum atomic E-state index is 12.8. The third kappa shape index (κ3) is 2.64. The molecule has 0 bridgehead atoms. The molecule has 0 unspecified atom stereocenters. The first-order valence-corrected chi connectivity index (χ1v) is 6.11. The summed E-state index contributed by atoms with van der Waals surface area (Å²) in [6, 6.07) is 9.35. The summed E-state index contributed by atoms with van der Waals surface area (Å²) in [5.74, 6) is -0.0318. The van der Waals surface area contributed by atoms with E-state index in [1.165, 1.54) is 12.1 Å². The van der Waals surface area contributed by atoms with Crippen molar-refractivity contribution in [3.63, 3.8) is 0 Å². The summed E-state index contributed by atoms with van der Waals surface area (Å²) in [7, 11) is 0. The molecular weight excluding hydrogens is 277 g/mol. The molecule has 0 spiro atoms. The van der Waals surface area contributed by atoms with Gasteiger partial charge in [-0.2, -0.15) is 0 Å². The number of fused-ring (bicyclic) bond motifs is 1. The van der Waals surface area contributed by atoms with Crippen LogP contribution < -0.4 is 5.32 Å². The van der Waals surface area contributed by atoms with Crippen LogP contribution in [0.3, 0.4) is 0 Å². The number of rotatable bonds is 4. The molecule has 0 saturated heterocycles. The van der Waals surface area contributed by atoms with Crippen LogP contribution in [0.1, 0.15) is 5.56 Å². The monoisotopic (exact) mass is 287 g/mol. The van der Waals surface area contributed by atoms with Crippen LogP contribution in [0, 0.1) is 15.9 Å². The lowest BCUT2D eigenvalue weighted by molar-refractivity contribution is -0.391. The molecule has 0 atom stereocenters. The minimum atomic E-state index is -0.545. The van der Waals surface area contributed by atoms with Gasteiger partial charge in [-0.15, -0.1) is 0 Å². The van der Waals surface area contributed by atoms with Crippen molar-refractivity contribution in [1.29, 1.82) is 0 Å². The van der Waals surface area contributed by atoms with E-state index < -0.39 is 4.92 Å². The van der Waals surface area contributed by atoms with Gasteiger partial charge in [0.05, 0.1) is 0 Å². The molecule has 0 aliphatic rings. The minimum absolute atomic E-state index is 0.199. The molecule has 21 heavy (non-hydrogen) atoms. The van der Waals surface area contributed by atoms with Crippen molar-refractivity contribution in [2.24, 2.45) is 0 Å². The molecule has 3 rings (SSSR count). The Morgan fingerprint density at radius 3 is 2.71 bits per heavy atom. The first kappa shape index (κ1) is 13.0. The molecule has 2 aromatic heterocycles. The van der Waals surface area contributed by atoms with Gasteiger partial charge < -0.3 is 15.4 Å². The zero-order valence-corrected chi connectivity index (χ0v) is 10.7. The van der Waals surface area contributed by atoms with Gasteiger partial charge in [-0.25, -0.2) is 9.37 Å². The SMILES string of the molecule is O=[N+]([O-])c1cnc2ccc(NCc3ccc(F)cc3)nn12. The number of nitrogens with zero attached hydrogens (tertiary/aromatic N) is 4. The molecule has 8 heteroatoms. The fraction of sp³-hybridized carbons (Fsp3) is 0.0769. The predicted molar refractivity (Wildman–Crippen MR) is 73.4 cm³/mol. The Labute approximate surface area is 118 Å². The summed E-state index contributed by atoms with van der Waals surface area (Å²) in [6.07, 6.45) is 1.16. The second-order valence-electron chi connectivity index (χ2n) is 4.34. The molecule has 0 saturated carbocycles. The third-order valence-corrected chi connectivity index (χ3v) is 2.92. The molecule has 7 nitrogen and oxygen atoms in total. The van der Waals surface area contributed by atoms with Gasteiger partial charge in [0.15, 0.2) is 5.82 Å². The summed E-state index contributed by atoms with van der Waals surface area (Å²) < 4.78 is 14.0. The van der Waals surface area contributed by atoms with Crippen LogP contribution >= 0.6 is 0 Å². The summed E-state index contributed by atoms with van der Waals surface area (Å²) in [6.45, 7) is 0.432. The number of halogens is 1. The van der Waals surface area contributed by atoms with Gasteiger partial charge >= 0.3 is 5.82 Å². The van der Waals surface area contributed by atoms with Crippen molar-refractivity contribution >= 4 is 17.3 Å². The van der Waals surface area contributed by atoms with Crippen molar-refractivity contribution in [1.82, 2.24) is 14.6 Å². The molecular formula is C13H10FN5O2. The quantitative estimate of drug-likeness (QED) is 0.588. The molecule has 0 aliphatic carbocycles. The Morgan fingerprint density at radius 1 is 1.24 bits per heavy atom. The van der Waals surface area contributed by atoms with E-state index in [2.05, 4.69) is 15.4 Å². The van der Waals surface area contributed by atoms with E-state index in [0.717, 1.165) is 16.3 Å². The molecule has 2 heterocycles. The Hall–Kier alpha value is -3.03. The lowest BCUT2D eigenvalue weighted by Crippen LogP contribution is -2.05. The van der Waals surface area contributed by atoms with Crippen molar-refractivity contribution < 1.29 is 9.31 Å². The van der Waals surface area contributed by atoms with Gasteiger partial charge in [-0.1, -0.05) is 21.7 Å². The molecule has 3 aromatic rings. The Kier molecular flexibility index (Phi) is 3.19. The standard InChI is InChI=1S/C13H10FN5O2/c14-10-3-1-9(2-4-10)7-15-11-5-6-12-16-8-13(19(20)21)18(12)17-11/h1-6,8H,7H2,(H,15,17).